The zero-order valence-corrected chi connectivity index (χ0v) is 11.1. The molecule has 0 saturated heterocycles. The van der Waals surface area contributed by atoms with Crippen molar-refractivity contribution < 1.29 is 9.18 Å². The van der Waals surface area contributed by atoms with Gasteiger partial charge in [-0.25, -0.2) is 4.39 Å². The van der Waals surface area contributed by atoms with Gasteiger partial charge in [0.05, 0.1) is 5.56 Å². The Labute approximate surface area is 121 Å². The Morgan fingerprint density at radius 2 is 1.76 bits per heavy atom. The average Bonchev–Trinajstić information content (AvgIpc) is 2.50. The Kier molecular flexibility index (Phi) is 3.28. The number of nitrogen functional groups attached to an aromatic ring is 1. The summed E-state index contributed by atoms with van der Waals surface area (Å²) in [6.45, 7) is 0. The number of benzene rings is 3. The molecule has 3 rings (SSSR count). The fourth-order valence-corrected chi connectivity index (χ4v) is 2.24. The van der Waals surface area contributed by atoms with Gasteiger partial charge in [-0.3, -0.25) is 4.79 Å². The molecule has 0 unspecified atom stereocenters. The van der Waals surface area contributed by atoms with Gasteiger partial charge in [-0.05, 0) is 29.7 Å². The molecular formula is C17H13FN2O. The quantitative estimate of drug-likeness (QED) is 0.701. The molecule has 4 heteroatoms. The smallest absolute Gasteiger partial charge is 0.258 e. The van der Waals surface area contributed by atoms with Crippen molar-refractivity contribution in [3.05, 3.63) is 72.0 Å². The van der Waals surface area contributed by atoms with Gasteiger partial charge in [-0.1, -0.05) is 36.4 Å². The van der Waals surface area contributed by atoms with E-state index < -0.39 is 11.7 Å². The second kappa shape index (κ2) is 5.25. The molecule has 21 heavy (non-hydrogen) atoms. The summed E-state index contributed by atoms with van der Waals surface area (Å²) in [4.78, 5) is 12.2. The molecule has 0 aliphatic rings. The molecule has 0 heterocycles. The van der Waals surface area contributed by atoms with Crippen LogP contribution in [0.3, 0.4) is 0 Å². The summed E-state index contributed by atoms with van der Waals surface area (Å²) < 4.78 is 13.7. The maximum Gasteiger partial charge on any atom is 0.258 e. The first-order valence-corrected chi connectivity index (χ1v) is 6.49. The van der Waals surface area contributed by atoms with Crippen LogP contribution in [0.2, 0.25) is 0 Å². The first-order chi connectivity index (χ1) is 10.1. The summed E-state index contributed by atoms with van der Waals surface area (Å²) in [5.41, 5.74) is 6.52. The van der Waals surface area contributed by atoms with Crippen LogP contribution in [0.4, 0.5) is 15.8 Å². The Bertz CT molecular complexity index is 825. The van der Waals surface area contributed by atoms with Crippen molar-refractivity contribution in [2.45, 2.75) is 0 Å². The van der Waals surface area contributed by atoms with Crippen LogP contribution in [-0.2, 0) is 0 Å². The highest BCUT2D eigenvalue weighted by atomic mass is 19.1. The summed E-state index contributed by atoms with van der Waals surface area (Å²) in [5.74, 6) is -1.11. The first kappa shape index (κ1) is 13.1. The lowest BCUT2D eigenvalue weighted by Gasteiger charge is -2.09. The van der Waals surface area contributed by atoms with Crippen molar-refractivity contribution in [1.82, 2.24) is 0 Å². The monoisotopic (exact) mass is 280 g/mol. The van der Waals surface area contributed by atoms with Gasteiger partial charge in [0.15, 0.2) is 0 Å². The normalized spacial score (nSPS) is 10.5. The molecule has 0 fully saturated rings. The van der Waals surface area contributed by atoms with Crippen molar-refractivity contribution in [3.63, 3.8) is 0 Å². The third-order valence-electron chi connectivity index (χ3n) is 3.27. The third-order valence-corrected chi connectivity index (χ3v) is 3.27. The Morgan fingerprint density at radius 3 is 2.62 bits per heavy atom. The van der Waals surface area contributed by atoms with E-state index in [1.807, 2.05) is 36.4 Å². The number of hydrogen-bond acceptors (Lipinski definition) is 2. The van der Waals surface area contributed by atoms with E-state index in [0.29, 0.717) is 11.4 Å². The van der Waals surface area contributed by atoms with Crippen molar-refractivity contribution in [3.8, 4) is 0 Å². The minimum atomic E-state index is -0.595. The number of nitrogens with one attached hydrogen (secondary N) is 1. The Morgan fingerprint density at radius 1 is 1.00 bits per heavy atom. The lowest BCUT2D eigenvalue weighted by molar-refractivity contribution is 0.102. The minimum absolute atomic E-state index is 0.0667. The van der Waals surface area contributed by atoms with E-state index in [2.05, 4.69) is 5.32 Å². The zero-order chi connectivity index (χ0) is 14.8. The maximum atomic E-state index is 13.7. The molecule has 0 atom stereocenters. The van der Waals surface area contributed by atoms with Crippen LogP contribution in [0.1, 0.15) is 10.4 Å². The van der Waals surface area contributed by atoms with E-state index in [9.17, 15) is 9.18 Å². The standard InChI is InChI=1S/C17H13FN2O/c18-15-9-8-12(19)10-14(15)17(21)20-16-7-3-5-11-4-1-2-6-13(11)16/h1-10H,19H2,(H,20,21). The highest BCUT2D eigenvalue weighted by molar-refractivity contribution is 6.09. The number of anilines is 2. The van der Waals surface area contributed by atoms with E-state index in [4.69, 9.17) is 5.73 Å². The molecule has 1 amide bonds. The van der Waals surface area contributed by atoms with E-state index in [0.717, 1.165) is 10.8 Å². The first-order valence-electron chi connectivity index (χ1n) is 6.49. The second-order valence-electron chi connectivity index (χ2n) is 4.72. The van der Waals surface area contributed by atoms with Crippen molar-refractivity contribution in [1.29, 1.82) is 0 Å². The minimum Gasteiger partial charge on any atom is -0.399 e. The SMILES string of the molecule is Nc1ccc(F)c(C(=O)Nc2cccc3ccccc23)c1. The summed E-state index contributed by atoms with van der Waals surface area (Å²) in [6, 6.07) is 17.2. The summed E-state index contributed by atoms with van der Waals surface area (Å²) in [7, 11) is 0. The number of nitrogens with two attached hydrogens (primary N) is 1. The molecule has 3 nitrogen and oxygen atoms in total. The van der Waals surface area contributed by atoms with Crippen LogP contribution >= 0.6 is 0 Å². The molecule has 0 spiro atoms. The Hall–Kier alpha value is -2.88. The van der Waals surface area contributed by atoms with Gasteiger partial charge in [0.2, 0.25) is 0 Å². The van der Waals surface area contributed by atoms with E-state index >= 15 is 0 Å². The van der Waals surface area contributed by atoms with Gasteiger partial charge in [0, 0.05) is 16.8 Å². The summed E-state index contributed by atoms with van der Waals surface area (Å²) >= 11 is 0. The van der Waals surface area contributed by atoms with Gasteiger partial charge in [-0.2, -0.15) is 0 Å². The summed E-state index contributed by atoms with van der Waals surface area (Å²) in [5, 5.41) is 4.64. The molecule has 0 saturated carbocycles. The lowest BCUT2D eigenvalue weighted by Crippen LogP contribution is -2.14. The average molecular weight is 280 g/mol. The van der Waals surface area contributed by atoms with Crippen molar-refractivity contribution >= 4 is 28.1 Å². The van der Waals surface area contributed by atoms with Crippen LogP contribution in [0.15, 0.2) is 60.7 Å². The van der Waals surface area contributed by atoms with E-state index in [1.54, 1.807) is 6.07 Å². The number of halogens is 1. The van der Waals surface area contributed by atoms with E-state index in [1.165, 1.54) is 18.2 Å². The lowest BCUT2D eigenvalue weighted by atomic mass is 10.1. The van der Waals surface area contributed by atoms with Crippen molar-refractivity contribution in [2.24, 2.45) is 0 Å². The number of carbonyl (C=O) groups excluding carboxylic acids is 1. The molecule has 0 radical (unpaired) electrons. The fraction of sp³-hybridized carbons (Fsp3) is 0. The molecule has 0 bridgehead atoms. The highest BCUT2D eigenvalue weighted by Gasteiger charge is 2.13. The number of carbonyl (C=O) groups is 1. The molecule has 0 aromatic heterocycles. The maximum absolute atomic E-state index is 13.7. The largest absolute Gasteiger partial charge is 0.399 e. The van der Waals surface area contributed by atoms with Crippen molar-refractivity contribution in [2.75, 3.05) is 11.1 Å². The van der Waals surface area contributed by atoms with Crippen LogP contribution in [0.25, 0.3) is 10.8 Å². The van der Waals surface area contributed by atoms with E-state index in [-0.39, 0.29) is 5.56 Å². The second-order valence-corrected chi connectivity index (χ2v) is 4.72. The topological polar surface area (TPSA) is 55.1 Å². The molecule has 0 aliphatic carbocycles. The van der Waals surface area contributed by atoms with Crippen LogP contribution in [0.5, 0.6) is 0 Å². The predicted octanol–water partition coefficient (Wildman–Crippen LogP) is 3.81. The molecule has 3 aromatic carbocycles. The predicted molar refractivity (Wildman–Crippen MR) is 82.7 cm³/mol. The number of rotatable bonds is 2. The number of amides is 1. The highest BCUT2D eigenvalue weighted by Crippen LogP contribution is 2.24. The van der Waals surface area contributed by atoms with Gasteiger partial charge in [0.25, 0.3) is 5.91 Å². The molecule has 3 N–H and O–H groups in total. The molecule has 0 aliphatic heterocycles. The zero-order valence-electron chi connectivity index (χ0n) is 11.1. The molecule has 104 valence electrons. The van der Waals surface area contributed by atoms with Gasteiger partial charge < -0.3 is 11.1 Å². The summed E-state index contributed by atoms with van der Waals surface area (Å²) in [6.07, 6.45) is 0. The molecular weight excluding hydrogens is 267 g/mol. The molecule has 3 aromatic rings. The number of hydrogen-bond donors (Lipinski definition) is 2. The van der Waals surface area contributed by atoms with Crippen LogP contribution in [-0.4, -0.2) is 5.91 Å². The van der Waals surface area contributed by atoms with Gasteiger partial charge >= 0.3 is 0 Å². The van der Waals surface area contributed by atoms with Gasteiger partial charge in [-0.15, -0.1) is 0 Å². The van der Waals surface area contributed by atoms with Gasteiger partial charge in [0.1, 0.15) is 5.82 Å². The number of fused-ring (bicyclic) bond motifs is 1. The fourth-order valence-electron chi connectivity index (χ4n) is 2.24. The van der Waals surface area contributed by atoms with Crippen LogP contribution in [0, 0.1) is 5.82 Å². The Balaban J connectivity index is 1.99. The third kappa shape index (κ3) is 2.56. The van der Waals surface area contributed by atoms with Crippen LogP contribution < -0.4 is 11.1 Å².